The normalized spacial score (nSPS) is 20.0. The highest BCUT2D eigenvalue weighted by Crippen LogP contribution is 2.54. The Labute approximate surface area is 140 Å². The number of H-pyrrole nitrogens is 1. The Morgan fingerprint density at radius 2 is 1.91 bits per heavy atom. The van der Waals surface area contributed by atoms with E-state index >= 15 is 0 Å². The quantitative estimate of drug-likeness (QED) is 0.749. The summed E-state index contributed by atoms with van der Waals surface area (Å²) in [4.78, 5) is 0. The SMILES string of the molecule is Cc1ccc([C@@H]2C[C@H]2c2n[nH]c(=S)n2-c2cn(C)nc2C)cc1. The van der Waals surface area contributed by atoms with E-state index in [9.17, 15) is 0 Å². The summed E-state index contributed by atoms with van der Waals surface area (Å²) in [5.74, 6) is 1.94. The summed E-state index contributed by atoms with van der Waals surface area (Å²) >= 11 is 5.45. The minimum Gasteiger partial charge on any atom is -0.273 e. The van der Waals surface area contributed by atoms with E-state index in [1.54, 1.807) is 0 Å². The van der Waals surface area contributed by atoms with Crippen molar-refractivity contribution in [3.8, 4) is 5.69 Å². The van der Waals surface area contributed by atoms with Crippen LogP contribution in [0.4, 0.5) is 0 Å². The number of hydrogen-bond donors (Lipinski definition) is 1. The molecule has 0 saturated heterocycles. The van der Waals surface area contributed by atoms with Gasteiger partial charge in [-0.25, -0.2) is 0 Å². The molecule has 23 heavy (non-hydrogen) atoms. The van der Waals surface area contributed by atoms with Gasteiger partial charge in [0.1, 0.15) is 5.82 Å². The third-order valence-electron chi connectivity index (χ3n) is 4.55. The summed E-state index contributed by atoms with van der Waals surface area (Å²) < 4.78 is 4.48. The third kappa shape index (κ3) is 2.43. The lowest BCUT2D eigenvalue weighted by atomic mass is 10.1. The number of rotatable bonds is 3. The lowest BCUT2D eigenvalue weighted by Gasteiger charge is -2.05. The molecule has 1 aromatic carbocycles. The summed E-state index contributed by atoms with van der Waals surface area (Å²) in [5.41, 5.74) is 4.64. The van der Waals surface area contributed by atoms with Crippen LogP contribution >= 0.6 is 12.2 Å². The van der Waals surface area contributed by atoms with Gasteiger partial charge in [0, 0.05) is 19.2 Å². The van der Waals surface area contributed by atoms with Crippen molar-refractivity contribution in [1.29, 1.82) is 0 Å². The van der Waals surface area contributed by atoms with Crippen molar-refractivity contribution < 1.29 is 0 Å². The Kier molecular flexibility index (Phi) is 3.23. The van der Waals surface area contributed by atoms with Crippen molar-refractivity contribution in [1.82, 2.24) is 24.5 Å². The second-order valence-corrected chi connectivity index (χ2v) is 6.74. The fraction of sp³-hybridized carbons (Fsp3) is 0.353. The first kappa shape index (κ1) is 14.4. The molecule has 1 N–H and O–H groups in total. The summed E-state index contributed by atoms with van der Waals surface area (Å²) in [6.07, 6.45) is 3.11. The maximum atomic E-state index is 5.45. The molecule has 2 atom stereocenters. The van der Waals surface area contributed by atoms with Gasteiger partial charge in [0.15, 0.2) is 4.77 Å². The van der Waals surface area contributed by atoms with Gasteiger partial charge in [-0.2, -0.15) is 10.2 Å². The van der Waals surface area contributed by atoms with E-state index in [4.69, 9.17) is 12.2 Å². The molecule has 0 unspecified atom stereocenters. The zero-order chi connectivity index (χ0) is 16.1. The predicted octanol–water partition coefficient (Wildman–Crippen LogP) is 3.55. The van der Waals surface area contributed by atoms with E-state index in [0.717, 1.165) is 23.6 Å². The molecule has 0 spiro atoms. The molecule has 2 heterocycles. The molecule has 1 aliphatic rings. The van der Waals surface area contributed by atoms with Crippen molar-refractivity contribution in [3.05, 3.63) is 57.9 Å². The summed E-state index contributed by atoms with van der Waals surface area (Å²) in [6, 6.07) is 8.79. The van der Waals surface area contributed by atoms with Crippen molar-refractivity contribution in [2.24, 2.45) is 7.05 Å². The Morgan fingerprint density at radius 3 is 2.57 bits per heavy atom. The molecular weight excluding hydrogens is 306 g/mol. The average molecular weight is 325 g/mol. The van der Waals surface area contributed by atoms with Crippen LogP contribution in [0.3, 0.4) is 0 Å². The first-order chi connectivity index (χ1) is 11.0. The monoisotopic (exact) mass is 325 g/mol. The summed E-state index contributed by atoms with van der Waals surface area (Å²) in [5, 5.41) is 11.9. The largest absolute Gasteiger partial charge is 0.273 e. The Morgan fingerprint density at radius 1 is 1.17 bits per heavy atom. The Balaban J connectivity index is 1.71. The molecule has 5 nitrogen and oxygen atoms in total. The van der Waals surface area contributed by atoms with Gasteiger partial charge in [0.05, 0.1) is 11.4 Å². The molecule has 0 bridgehead atoms. The molecule has 6 heteroatoms. The number of nitrogens with one attached hydrogen (secondary N) is 1. The highest BCUT2D eigenvalue weighted by Gasteiger charge is 2.43. The van der Waals surface area contributed by atoms with Crippen molar-refractivity contribution in [2.75, 3.05) is 0 Å². The molecule has 2 aromatic heterocycles. The zero-order valence-electron chi connectivity index (χ0n) is 13.4. The number of hydrogen-bond acceptors (Lipinski definition) is 3. The lowest BCUT2D eigenvalue weighted by Crippen LogP contribution is -2.01. The van der Waals surface area contributed by atoms with Gasteiger partial charge in [-0.3, -0.25) is 14.3 Å². The summed E-state index contributed by atoms with van der Waals surface area (Å²) in [6.45, 7) is 4.11. The molecule has 0 radical (unpaired) electrons. The minimum atomic E-state index is 0.408. The van der Waals surface area contributed by atoms with Crippen LogP contribution in [0.5, 0.6) is 0 Å². The van der Waals surface area contributed by atoms with E-state index in [-0.39, 0.29) is 0 Å². The van der Waals surface area contributed by atoms with Crippen LogP contribution in [0.2, 0.25) is 0 Å². The van der Waals surface area contributed by atoms with E-state index in [2.05, 4.69) is 46.5 Å². The first-order valence-corrected chi connectivity index (χ1v) is 8.20. The first-order valence-electron chi connectivity index (χ1n) is 7.79. The molecule has 1 fully saturated rings. The number of benzene rings is 1. The van der Waals surface area contributed by atoms with E-state index in [1.807, 2.05) is 29.4 Å². The van der Waals surface area contributed by atoms with Gasteiger partial charge in [-0.15, -0.1) is 0 Å². The molecule has 0 aliphatic heterocycles. The molecule has 118 valence electrons. The molecule has 1 aliphatic carbocycles. The number of aryl methyl sites for hydroxylation is 3. The van der Waals surface area contributed by atoms with E-state index in [0.29, 0.717) is 16.6 Å². The highest BCUT2D eigenvalue weighted by atomic mass is 32.1. The number of nitrogens with zero attached hydrogens (tertiary/aromatic N) is 4. The smallest absolute Gasteiger partial charge is 0.199 e. The van der Waals surface area contributed by atoms with Crippen LogP contribution in [0.25, 0.3) is 5.69 Å². The zero-order valence-corrected chi connectivity index (χ0v) is 14.3. The van der Waals surface area contributed by atoms with Gasteiger partial charge < -0.3 is 0 Å². The maximum Gasteiger partial charge on any atom is 0.199 e. The van der Waals surface area contributed by atoms with Crippen LogP contribution < -0.4 is 0 Å². The van der Waals surface area contributed by atoms with Gasteiger partial charge >= 0.3 is 0 Å². The molecule has 3 aromatic rings. The number of aromatic nitrogens is 5. The summed E-state index contributed by atoms with van der Waals surface area (Å²) in [7, 11) is 1.92. The van der Waals surface area contributed by atoms with Crippen molar-refractivity contribution in [3.63, 3.8) is 0 Å². The van der Waals surface area contributed by atoms with Gasteiger partial charge in [0.2, 0.25) is 0 Å². The second kappa shape index (κ2) is 5.16. The highest BCUT2D eigenvalue weighted by molar-refractivity contribution is 7.71. The van der Waals surface area contributed by atoms with Gasteiger partial charge in [-0.1, -0.05) is 29.8 Å². The standard InChI is InChI=1S/C17H19N5S/c1-10-4-6-12(7-5-10)13-8-14(13)16-18-19-17(23)22(16)15-9-21(3)20-11(15)2/h4-7,9,13-14H,8H2,1-3H3,(H,19,23)/t13-,14+/m0/s1. The van der Waals surface area contributed by atoms with Gasteiger partial charge in [0.25, 0.3) is 0 Å². The van der Waals surface area contributed by atoms with Crippen LogP contribution in [0, 0.1) is 18.6 Å². The topological polar surface area (TPSA) is 51.4 Å². The van der Waals surface area contributed by atoms with E-state index < -0.39 is 0 Å². The van der Waals surface area contributed by atoms with Gasteiger partial charge in [-0.05, 0) is 44.0 Å². The third-order valence-corrected chi connectivity index (χ3v) is 4.83. The second-order valence-electron chi connectivity index (χ2n) is 6.36. The average Bonchev–Trinajstić information content (AvgIpc) is 3.11. The van der Waals surface area contributed by atoms with Crippen LogP contribution in [0.1, 0.15) is 40.9 Å². The fourth-order valence-corrected chi connectivity index (χ4v) is 3.50. The minimum absolute atomic E-state index is 0.408. The van der Waals surface area contributed by atoms with E-state index in [1.165, 1.54) is 11.1 Å². The number of aromatic amines is 1. The maximum absolute atomic E-state index is 5.45. The van der Waals surface area contributed by atoms with Crippen LogP contribution in [-0.4, -0.2) is 24.5 Å². The van der Waals surface area contributed by atoms with Crippen LogP contribution in [-0.2, 0) is 7.05 Å². The Hall–Kier alpha value is -2.21. The van der Waals surface area contributed by atoms with Crippen molar-refractivity contribution >= 4 is 12.2 Å². The molecular formula is C17H19N5S. The Bertz CT molecular complexity index is 915. The predicted molar refractivity (Wildman–Crippen MR) is 91.5 cm³/mol. The molecule has 4 rings (SSSR count). The molecule has 0 amide bonds. The van der Waals surface area contributed by atoms with Crippen molar-refractivity contribution in [2.45, 2.75) is 32.1 Å². The fourth-order valence-electron chi connectivity index (χ4n) is 3.26. The molecule has 1 saturated carbocycles. The lowest BCUT2D eigenvalue weighted by molar-refractivity contribution is 0.756. The van der Waals surface area contributed by atoms with Crippen LogP contribution in [0.15, 0.2) is 30.5 Å².